The SMILES string of the molecule is Cc1ccc(CN(C)C(CN)c2ccc(F)cc2C)cc1. The number of rotatable bonds is 5. The molecule has 3 heteroatoms. The molecule has 0 aliphatic heterocycles. The summed E-state index contributed by atoms with van der Waals surface area (Å²) in [5.41, 5.74) is 10.5. The Morgan fingerprint density at radius 2 is 1.76 bits per heavy atom. The molecule has 0 radical (unpaired) electrons. The summed E-state index contributed by atoms with van der Waals surface area (Å²) in [6.07, 6.45) is 0. The van der Waals surface area contributed by atoms with Gasteiger partial charge in [-0.2, -0.15) is 0 Å². The second-order valence-electron chi connectivity index (χ2n) is 5.65. The molecular formula is C18H23FN2. The van der Waals surface area contributed by atoms with Gasteiger partial charge in [-0.3, -0.25) is 4.90 Å². The molecule has 2 rings (SSSR count). The van der Waals surface area contributed by atoms with Crippen LogP contribution in [0.25, 0.3) is 0 Å². The van der Waals surface area contributed by atoms with Gasteiger partial charge in [0.2, 0.25) is 0 Å². The molecule has 2 aromatic rings. The van der Waals surface area contributed by atoms with Crippen LogP contribution in [0.5, 0.6) is 0 Å². The zero-order valence-corrected chi connectivity index (χ0v) is 12.9. The van der Waals surface area contributed by atoms with Crippen LogP contribution < -0.4 is 5.73 Å². The fourth-order valence-electron chi connectivity index (χ4n) is 2.65. The number of nitrogens with two attached hydrogens (primary N) is 1. The average Bonchev–Trinajstić information content (AvgIpc) is 2.44. The molecule has 0 aliphatic rings. The molecule has 0 fully saturated rings. The summed E-state index contributed by atoms with van der Waals surface area (Å²) >= 11 is 0. The van der Waals surface area contributed by atoms with Crippen molar-refractivity contribution in [1.82, 2.24) is 4.90 Å². The van der Waals surface area contributed by atoms with E-state index in [2.05, 4.69) is 43.1 Å². The molecule has 0 spiro atoms. The van der Waals surface area contributed by atoms with Crippen LogP contribution in [0.3, 0.4) is 0 Å². The van der Waals surface area contributed by atoms with Crippen LogP contribution in [-0.2, 0) is 6.54 Å². The third kappa shape index (κ3) is 3.90. The first kappa shape index (κ1) is 15.7. The predicted octanol–water partition coefficient (Wildman–Crippen LogP) is 3.57. The van der Waals surface area contributed by atoms with Crippen LogP contribution in [0.1, 0.15) is 28.3 Å². The third-order valence-electron chi connectivity index (χ3n) is 3.90. The van der Waals surface area contributed by atoms with Crippen molar-refractivity contribution in [3.8, 4) is 0 Å². The first-order valence-electron chi connectivity index (χ1n) is 7.23. The molecule has 1 unspecified atom stereocenters. The minimum absolute atomic E-state index is 0.0897. The lowest BCUT2D eigenvalue weighted by Crippen LogP contribution is -2.30. The van der Waals surface area contributed by atoms with E-state index in [-0.39, 0.29) is 11.9 Å². The van der Waals surface area contributed by atoms with Gasteiger partial charge in [-0.25, -0.2) is 4.39 Å². The van der Waals surface area contributed by atoms with E-state index >= 15 is 0 Å². The van der Waals surface area contributed by atoms with Gasteiger partial charge in [0, 0.05) is 19.1 Å². The van der Waals surface area contributed by atoms with Crippen LogP contribution >= 0.6 is 0 Å². The van der Waals surface area contributed by atoms with Gasteiger partial charge in [-0.15, -0.1) is 0 Å². The van der Waals surface area contributed by atoms with Gasteiger partial charge in [0.25, 0.3) is 0 Å². The van der Waals surface area contributed by atoms with E-state index in [1.165, 1.54) is 17.2 Å². The lowest BCUT2D eigenvalue weighted by Gasteiger charge is -2.28. The highest BCUT2D eigenvalue weighted by atomic mass is 19.1. The summed E-state index contributed by atoms with van der Waals surface area (Å²) in [7, 11) is 2.06. The van der Waals surface area contributed by atoms with E-state index in [1.54, 1.807) is 6.07 Å². The minimum atomic E-state index is -0.201. The molecular weight excluding hydrogens is 263 g/mol. The highest BCUT2D eigenvalue weighted by Crippen LogP contribution is 2.24. The fourth-order valence-corrected chi connectivity index (χ4v) is 2.65. The van der Waals surface area contributed by atoms with E-state index in [1.807, 2.05) is 13.0 Å². The van der Waals surface area contributed by atoms with E-state index in [0.29, 0.717) is 6.54 Å². The Hall–Kier alpha value is -1.71. The molecule has 21 heavy (non-hydrogen) atoms. The van der Waals surface area contributed by atoms with Gasteiger partial charge in [-0.1, -0.05) is 35.9 Å². The maximum Gasteiger partial charge on any atom is 0.123 e. The van der Waals surface area contributed by atoms with Crippen molar-refractivity contribution in [2.75, 3.05) is 13.6 Å². The van der Waals surface area contributed by atoms with Crippen molar-refractivity contribution in [3.63, 3.8) is 0 Å². The minimum Gasteiger partial charge on any atom is -0.329 e. The highest BCUT2D eigenvalue weighted by Gasteiger charge is 2.17. The third-order valence-corrected chi connectivity index (χ3v) is 3.90. The van der Waals surface area contributed by atoms with Crippen LogP contribution in [0.2, 0.25) is 0 Å². The molecule has 0 saturated carbocycles. The van der Waals surface area contributed by atoms with E-state index in [4.69, 9.17) is 5.73 Å². The Morgan fingerprint density at radius 3 is 2.33 bits per heavy atom. The smallest absolute Gasteiger partial charge is 0.123 e. The standard InChI is InChI=1S/C18H23FN2/c1-13-4-6-15(7-5-13)12-21(3)18(11-20)17-9-8-16(19)10-14(17)2/h4-10,18H,11-12,20H2,1-3H3. The van der Waals surface area contributed by atoms with Gasteiger partial charge >= 0.3 is 0 Å². The maximum atomic E-state index is 13.3. The number of hydrogen-bond acceptors (Lipinski definition) is 2. The molecule has 0 aliphatic carbocycles. The molecule has 0 aromatic heterocycles. The van der Waals surface area contributed by atoms with Crippen LogP contribution in [0.4, 0.5) is 4.39 Å². The van der Waals surface area contributed by atoms with Crippen molar-refractivity contribution in [2.45, 2.75) is 26.4 Å². The lowest BCUT2D eigenvalue weighted by atomic mass is 9.99. The molecule has 1 atom stereocenters. The summed E-state index contributed by atoms with van der Waals surface area (Å²) in [5, 5.41) is 0. The number of nitrogens with zero attached hydrogens (tertiary/aromatic N) is 1. The number of hydrogen-bond donors (Lipinski definition) is 1. The van der Waals surface area contributed by atoms with Gasteiger partial charge in [0.1, 0.15) is 5.82 Å². The van der Waals surface area contributed by atoms with Crippen molar-refractivity contribution in [1.29, 1.82) is 0 Å². The fraction of sp³-hybridized carbons (Fsp3) is 0.333. The highest BCUT2D eigenvalue weighted by molar-refractivity contribution is 5.30. The van der Waals surface area contributed by atoms with Crippen molar-refractivity contribution >= 4 is 0 Å². The molecule has 0 amide bonds. The molecule has 2 aromatic carbocycles. The number of aryl methyl sites for hydroxylation is 2. The first-order chi connectivity index (χ1) is 10.0. The van der Waals surface area contributed by atoms with Crippen LogP contribution in [-0.4, -0.2) is 18.5 Å². The Balaban J connectivity index is 2.18. The van der Waals surface area contributed by atoms with Crippen molar-refractivity contribution in [3.05, 3.63) is 70.5 Å². The predicted molar refractivity (Wildman–Crippen MR) is 85.6 cm³/mol. The molecule has 112 valence electrons. The lowest BCUT2D eigenvalue weighted by molar-refractivity contribution is 0.241. The summed E-state index contributed by atoms with van der Waals surface area (Å²) in [6, 6.07) is 13.5. The Labute approximate surface area is 126 Å². The van der Waals surface area contributed by atoms with E-state index < -0.39 is 0 Å². The first-order valence-corrected chi connectivity index (χ1v) is 7.23. The van der Waals surface area contributed by atoms with Gasteiger partial charge in [-0.05, 0) is 49.7 Å². The topological polar surface area (TPSA) is 29.3 Å². The average molecular weight is 286 g/mol. The van der Waals surface area contributed by atoms with Crippen molar-refractivity contribution in [2.24, 2.45) is 5.73 Å². The Kier molecular flexibility index (Phi) is 5.10. The normalized spacial score (nSPS) is 12.7. The zero-order valence-electron chi connectivity index (χ0n) is 12.9. The monoisotopic (exact) mass is 286 g/mol. The Bertz CT molecular complexity index is 593. The largest absolute Gasteiger partial charge is 0.329 e. The molecule has 2 nitrogen and oxygen atoms in total. The van der Waals surface area contributed by atoms with Crippen molar-refractivity contribution < 1.29 is 4.39 Å². The van der Waals surface area contributed by atoms with E-state index in [0.717, 1.165) is 17.7 Å². The summed E-state index contributed by atoms with van der Waals surface area (Å²) in [5.74, 6) is -0.201. The summed E-state index contributed by atoms with van der Waals surface area (Å²) < 4.78 is 13.3. The number of halogens is 1. The van der Waals surface area contributed by atoms with Gasteiger partial charge in [0.15, 0.2) is 0 Å². The quantitative estimate of drug-likeness (QED) is 0.910. The number of likely N-dealkylation sites (N-methyl/N-ethyl adjacent to an activating group) is 1. The molecule has 0 bridgehead atoms. The van der Waals surface area contributed by atoms with E-state index in [9.17, 15) is 4.39 Å². The maximum absolute atomic E-state index is 13.3. The van der Waals surface area contributed by atoms with Gasteiger partial charge in [0.05, 0.1) is 0 Å². The Morgan fingerprint density at radius 1 is 1.10 bits per heavy atom. The molecule has 0 saturated heterocycles. The van der Waals surface area contributed by atoms with Gasteiger partial charge < -0.3 is 5.73 Å². The summed E-state index contributed by atoms with van der Waals surface area (Å²) in [6.45, 7) is 5.34. The second kappa shape index (κ2) is 6.83. The van der Waals surface area contributed by atoms with Crippen LogP contribution in [0, 0.1) is 19.7 Å². The summed E-state index contributed by atoms with van der Waals surface area (Å²) in [4.78, 5) is 2.21. The molecule has 0 heterocycles. The molecule has 2 N–H and O–H groups in total. The number of benzene rings is 2. The van der Waals surface area contributed by atoms with Crippen LogP contribution in [0.15, 0.2) is 42.5 Å². The second-order valence-corrected chi connectivity index (χ2v) is 5.65. The zero-order chi connectivity index (χ0) is 15.4.